The lowest BCUT2D eigenvalue weighted by molar-refractivity contribution is -0.140. The molecule has 6 N–H and O–H groups in total. The average molecular weight is 723 g/mol. The Bertz CT molecular complexity index is 1810. The Morgan fingerprint density at radius 1 is 0.887 bits per heavy atom. The van der Waals surface area contributed by atoms with Crippen LogP contribution < -0.4 is 16.8 Å². The van der Waals surface area contributed by atoms with Gasteiger partial charge in [-0.25, -0.2) is 4.98 Å². The Balaban J connectivity index is 0.992. The Labute approximate surface area is 312 Å². The summed E-state index contributed by atoms with van der Waals surface area (Å²) in [5, 5.41) is 3.44. The number of nitrogens with one attached hydrogen (secondary N) is 2. The second-order valence-corrected chi connectivity index (χ2v) is 15.3. The van der Waals surface area contributed by atoms with E-state index in [1.165, 1.54) is 0 Å². The maximum atomic E-state index is 13.5. The summed E-state index contributed by atoms with van der Waals surface area (Å²) < 4.78 is 10.7. The number of nitrogens with zero attached hydrogens (tertiary/aromatic N) is 4. The third kappa shape index (κ3) is 7.05. The SMILES string of the molecule is C=N/C(=C\NCC1C2CCC(C2)N1C(=O)C(N)C(C)OC)c1ccc(-c2ccc(-c3cnc(C4C5CCC(C5)N4C(=O)C(N)C(C)OC)[nH]3)cc2)cc1. The first-order chi connectivity index (χ1) is 25.6. The molecule has 4 bridgehead atoms. The van der Waals surface area contributed by atoms with Crippen molar-refractivity contribution in [2.75, 3.05) is 20.8 Å². The number of carbonyl (C=O) groups is 2. The summed E-state index contributed by atoms with van der Waals surface area (Å²) >= 11 is 0. The largest absolute Gasteiger partial charge is 0.387 e. The zero-order chi connectivity index (χ0) is 37.4. The fourth-order valence-corrected chi connectivity index (χ4v) is 9.20. The molecule has 1 aromatic heterocycles. The first-order valence-corrected chi connectivity index (χ1v) is 19.0. The number of H-pyrrole nitrogens is 1. The number of piperidine rings is 2. The molecule has 3 heterocycles. The van der Waals surface area contributed by atoms with Gasteiger partial charge >= 0.3 is 0 Å². The number of ether oxygens (including phenoxy) is 2. The third-order valence-electron chi connectivity index (χ3n) is 12.5. The number of fused-ring (bicyclic) bond motifs is 4. The topological polar surface area (TPSA) is 164 Å². The molecule has 2 aromatic carbocycles. The highest BCUT2D eigenvalue weighted by Gasteiger charge is 2.51. The summed E-state index contributed by atoms with van der Waals surface area (Å²) in [4.78, 5) is 43.4. The molecular formula is C41H54N8O4. The molecule has 10 atom stereocenters. The summed E-state index contributed by atoms with van der Waals surface area (Å²) in [6.07, 6.45) is 9.32. The molecule has 2 aliphatic heterocycles. The molecule has 7 rings (SSSR count). The van der Waals surface area contributed by atoms with Crippen molar-refractivity contribution < 1.29 is 19.1 Å². The molecule has 4 fully saturated rings. The second kappa shape index (κ2) is 15.5. The average Bonchev–Trinajstić information content (AvgIpc) is 4.06. The van der Waals surface area contributed by atoms with Crippen molar-refractivity contribution in [3.63, 3.8) is 0 Å². The standard InChI is InChI=1S/C41H54N8O4/c1-23(52-4)36(42)40(50)48-31-16-14-29(18-31)35(48)22-45-20-33(44-3)27-10-6-25(7-11-27)26-8-12-28(13-9-26)34-21-46-39(47-34)38-30-15-17-32(19-30)49(38)41(51)37(43)24(2)53-5/h6-13,20-21,23-24,29-32,35-38,45H,3,14-19,22,42-43H2,1-2,4-5H3,(H,46,47)/b33-20-. The molecule has 0 radical (unpaired) electrons. The number of imidazole rings is 1. The molecule has 12 heteroatoms. The number of amides is 2. The van der Waals surface area contributed by atoms with E-state index in [-0.39, 0.29) is 48.2 Å². The van der Waals surface area contributed by atoms with Crippen LogP contribution in [0, 0.1) is 11.8 Å². The lowest BCUT2D eigenvalue weighted by atomic mass is 9.97. The minimum atomic E-state index is -0.706. The van der Waals surface area contributed by atoms with Gasteiger partial charge in [0.25, 0.3) is 0 Å². The normalized spacial score (nSPS) is 27.2. The van der Waals surface area contributed by atoms with Gasteiger partial charge in [-0.15, -0.1) is 0 Å². The smallest absolute Gasteiger partial charge is 0.243 e. The predicted molar refractivity (Wildman–Crippen MR) is 206 cm³/mol. The van der Waals surface area contributed by atoms with Crippen LogP contribution in [0.15, 0.2) is 65.9 Å². The molecule has 0 spiro atoms. The predicted octanol–water partition coefficient (Wildman–Crippen LogP) is 4.49. The summed E-state index contributed by atoms with van der Waals surface area (Å²) in [5.74, 6) is 1.56. The van der Waals surface area contributed by atoms with Crippen molar-refractivity contribution in [2.24, 2.45) is 28.3 Å². The van der Waals surface area contributed by atoms with E-state index in [2.05, 4.69) is 58.4 Å². The molecule has 2 saturated carbocycles. The lowest BCUT2D eigenvalue weighted by Crippen LogP contribution is -2.57. The van der Waals surface area contributed by atoms with Gasteiger partial charge in [-0.2, -0.15) is 0 Å². The van der Waals surface area contributed by atoms with Gasteiger partial charge in [0.05, 0.1) is 41.9 Å². The van der Waals surface area contributed by atoms with Crippen LogP contribution >= 0.6 is 0 Å². The van der Waals surface area contributed by atoms with Gasteiger partial charge in [0.2, 0.25) is 11.8 Å². The van der Waals surface area contributed by atoms with E-state index in [1.54, 1.807) is 14.2 Å². The highest BCUT2D eigenvalue weighted by atomic mass is 16.5. The van der Waals surface area contributed by atoms with Crippen LogP contribution in [-0.2, 0) is 19.1 Å². The fourth-order valence-electron chi connectivity index (χ4n) is 9.20. The van der Waals surface area contributed by atoms with Crippen LogP contribution in [0.2, 0.25) is 0 Å². The number of benzene rings is 2. The summed E-state index contributed by atoms with van der Waals surface area (Å²) in [5.41, 5.74) is 18.4. The summed E-state index contributed by atoms with van der Waals surface area (Å²) in [6, 6.07) is 15.7. The van der Waals surface area contributed by atoms with Gasteiger partial charge in [0.1, 0.15) is 17.9 Å². The van der Waals surface area contributed by atoms with Crippen molar-refractivity contribution in [3.8, 4) is 22.4 Å². The molecule has 2 aliphatic carbocycles. The molecule has 12 nitrogen and oxygen atoms in total. The van der Waals surface area contributed by atoms with Gasteiger partial charge in [-0.1, -0.05) is 48.5 Å². The zero-order valence-corrected chi connectivity index (χ0v) is 31.3. The van der Waals surface area contributed by atoms with E-state index in [9.17, 15) is 9.59 Å². The molecule has 4 aliphatic rings. The number of carbonyl (C=O) groups excluding carboxylic acids is 2. The first-order valence-electron chi connectivity index (χ1n) is 19.0. The monoisotopic (exact) mass is 722 g/mol. The Morgan fingerprint density at radius 3 is 2.06 bits per heavy atom. The maximum Gasteiger partial charge on any atom is 0.243 e. The number of likely N-dealkylation sites (tertiary alicyclic amines) is 2. The molecule has 10 unspecified atom stereocenters. The van der Waals surface area contributed by atoms with Crippen molar-refractivity contribution >= 4 is 24.2 Å². The van der Waals surface area contributed by atoms with E-state index in [1.807, 2.05) is 48.2 Å². The van der Waals surface area contributed by atoms with Crippen molar-refractivity contribution in [3.05, 3.63) is 72.3 Å². The van der Waals surface area contributed by atoms with Crippen molar-refractivity contribution in [1.82, 2.24) is 25.1 Å². The Hall–Kier alpha value is -4.36. The van der Waals surface area contributed by atoms with E-state index < -0.39 is 12.1 Å². The summed E-state index contributed by atoms with van der Waals surface area (Å²) in [7, 11) is 3.17. The number of methoxy groups -OCH3 is 2. The highest BCUT2D eigenvalue weighted by molar-refractivity contribution is 5.84. The lowest BCUT2D eigenvalue weighted by Gasteiger charge is -2.37. The van der Waals surface area contributed by atoms with Crippen LogP contribution in [0.5, 0.6) is 0 Å². The number of aromatic amines is 1. The first kappa shape index (κ1) is 37.0. The van der Waals surface area contributed by atoms with Gasteiger partial charge in [0, 0.05) is 44.6 Å². The number of nitrogens with two attached hydrogens (primary N) is 2. The minimum Gasteiger partial charge on any atom is -0.387 e. The van der Waals surface area contributed by atoms with Gasteiger partial charge in [-0.05, 0) is 87.6 Å². The molecule has 282 valence electrons. The van der Waals surface area contributed by atoms with E-state index >= 15 is 0 Å². The number of rotatable bonds is 14. The van der Waals surface area contributed by atoms with Gasteiger partial charge < -0.3 is 41.0 Å². The maximum absolute atomic E-state index is 13.5. The summed E-state index contributed by atoms with van der Waals surface area (Å²) in [6.45, 7) is 8.12. The number of hydrogen-bond acceptors (Lipinski definition) is 9. The Morgan fingerprint density at radius 2 is 1.43 bits per heavy atom. The van der Waals surface area contributed by atoms with Crippen LogP contribution in [0.1, 0.15) is 69.8 Å². The minimum absolute atomic E-state index is 0.0307. The molecule has 53 heavy (non-hydrogen) atoms. The van der Waals surface area contributed by atoms with Crippen LogP contribution in [-0.4, -0.2) is 101 Å². The van der Waals surface area contributed by atoms with Crippen LogP contribution in [0.25, 0.3) is 28.1 Å². The number of hydrogen-bond donors (Lipinski definition) is 4. The molecular weight excluding hydrogens is 669 g/mol. The van der Waals surface area contributed by atoms with Gasteiger partial charge in [0.15, 0.2) is 0 Å². The van der Waals surface area contributed by atoms with Crippen LogP contribution in [0.3, 0.4) is 0 Å². The van der Waals surface area contributed by atoms with Crippen LogP contribution in [0.4, 0.5) is 0 Å². The molecule has 2 amide bonds. The zero-order valence-electron chi connectivity index (χ0n) is 31.3. The molecule has 3 aromatic rings. The van der Waals surface area contributed by atoms with Gasteiger partial charge in [-0.3, -0.25) is 14.6 Å². The third-order valence-corrected chi connectivity index (χ3v) is 12.5. The van der Waals surface area contributed by atoms with Crippen molar-refractivity contribution in [2.45, 2.75) is 101 Å². The number of aromatic nitrogens is 2. The van der Waals surface area contributed by atoms with E-state index in [0.717, 1.165) is 78.0 Å². The number of aliphatic imine (C=N–C) groups is 1. The van der Waals surface area contributed by atoms with E-state index in [0.29, 0.717) is 18.4 Å². The fraction of sp³-hybridized carbons (Fsp3) is 0.512. The van der Waals surface area contributed by atoms with E-state index in [4.69, 9.17) is 25.9 Å². The van der Waals surface area contributed by atoms with Crippen molar-refractivity contribution in [1.29, 1.82) is 0 Å². The molecule has 2 saturated heterocycles. The second-order valence-electron chi connectivity index (χ2n) is 15.3. The quantitative estimate of drug-likeness (QED) is 0.177. The highest BCUT2D eigenvalue weighted by Crippen LogP contribution is 2.50. The Kier molecular flexibility index (Phi) is 10.8.